The summed E-state index contributed by atoms with van der Waals surface area (Å²) in [5.41, 5.74) is 4.80. The van der Waals surface area contributed by atoms with Crippen molar-refractivity contribution in [2.24, 2.45) is 11.7 Å². The molecule has 1 aliphatic rings. The molecule has 1 saturated carbocycles. The molecular formula is C7H11F3N2O. The van der Waals surface area contributed by atoms with Gasteiger partial charge in [-0.15, -0.1) is 0 Å². The van der Waals surface area contributed by atoms with E-state index < -0.39 is 24.2 Å². The molecule has 2 amide bonds. The van der Waals surface area contributed by atoms with Crippen LogP contribution in [0.4, 0.5) is 18.0 Å². The van der Waals surface area contributed by atoms with Crippen molar-refractivity contribution >= 4 is 6.03 Å². The van der Waals surface area contributed by atoms with E-state index in [-0.39, 0.29) is 12.8 Å². The first-order valence-corrected chi connectivity index (χ1v) is 4.02. The molecule has 1 rings (SSSR count). The van der Waals surface area contributed by atoms with Gasteiger partial charge in [-0.2, -0.15) is 13.2 Å². The Balaban J connectivity index is 2.41. The Morgan fingerprint density at radius 2 is 2.00 bits per heavy atom. The number of nitrogens with one attached hydrogen (secondary N) is 1. The van der Waals surface area contributed by atoms with Crippen molar-refractivity contribution in [3.05, 3.63) is 0 Å². The summed E-state index contributed by atoms with van der Waals surface area (Å²) in [5, 5.41) is 2.28. The molecule has 0 aliphatic heterocycles. The monoisotopic (exact) mass is 196 g/mol. The summed E-state index contributed by atoms with van der Waals surface area (Å²) >= 11 is 0. The highest BCUT2D eigenvalue weighted by Crippen LogP contribution is 2.38. The summed E-state index contributed by atoms with van der Waals surface area (Å²) in [7, 11) is 0. The predicted octanol–water partition coefficient (Wildman–Crippen LogP) is 1.39. The molecule has 0 heterocycles. The quantitative estimate of drug-likeness (QED) is 0.654. The van der Waals surface area contributed by atoms with Crippen LogP contribution in [0.2, 0.25) is 0 Å². The molecule has 3 nitrogen and oxygen atoms in total. The van der Waals surface area contributed by atoms with Crippen LogP contribution in [0.5, 0.6) is 0 Å². The first-order chi connectivity index (χ1) is 5.89. The maximum Gasteiger partial charge on any atom is 0.391 e. The van der Waals surface area contributed by atoms with E-state index in [0.717, 1.165) is 0 Å². The molecule has 0 radical (unpaired) electrons. The van der Waals surface area contributed by atoms with E-state index in [1.807, 2.05) is 0 Å². The lowest BCUT2D eigenvalue weighted by Crippen LogP contribution is -2.37. The number of amides is 2. The summed E-state index contributed by atoms with van der Waals surface area (Å²) < 4.78 is 36.4. The minimum Gasteiger partial charge on any atom is -0.352 e. The average Bonchev–Trinajstić information content (AvgIpc) is 2.32. The van der Waals surface area contributed by atoms with E-state index in [0.29, 0.717) is 6.42 Å². The highest BCUT2D eigenvalue weighted by atomic mass is 19.4. The first kappa shape index (κ1) is 10.1. The predicted molar refractivity (Wildman–Crippen MR) is 39.9 cm³/mol. The van der Waals surface area contributed by atoms with Gasteiger partial charge in [-0.3, -0.25) is 0 Å². The zero-order valence-electron chi connectivity index (χ0n) is 6.90. The van der Waals surface area contributed by atoms with E-state index in [1.165, 1.54) is 0 Å². The molecule has 0 bridgehead atoms. The van der Waals surface area contributed by atoms with Crippen LogP contribution in [0.15, 0.2) is 0 Å². The Hall–Kier alpha value is -0.940. The molecule has 76 valence electrons. The summed E-state index contributed by atoms with van der Waals surface area (Å²) in [6.07, 6.45) is -3.76. The highest BCUT2D eigenvalue weighted by Gasteiger charge is 2.44. The second-order valence-electron chi connectivity index (χ2n) is 3.26. The van der Waals surface area contributed by atoms with Gasteiger partial charge in [0.25, 0.3) is 0 Å². The number of rotatable bonds is 1. The Bertz CT molecular complexity index is 204. The fourth-order valence-corrected chi connectivity index (χ4v) is 1.61. The van der Waals surface area contributed by atoms with Gasteiger partial charge in [0.2, 0.25) is 0 Å². The minimum absolute atomic E-state index is 0.0492. The maximum absolute atomic E-state index is 12.1. The van der Waals surface area contributed by atoms with Crippen LogP contribution in [-0.2, 0) is 0 Å². The Morgan fingerprint density at radius 1 is 1.38 bits per heavy atom. The van der Waals surface area contributed by atoms with E-state index in [4.69, 9.17) is 5.73 Å². The molecule has 1 aliphatic carbocycles. The molecule has 2 atom stereocenters. The van der Waals surface area contributed by atoms with Gasteiger partial charge in [-0.25, -0.2) is 4.79 Å². The number of alkyl halides is 3. The number of carbonyl (C=O) groups excluding carboxylic acids is 1. The van der Waals surface area contributed by atoms with Crippen molar-refractivity contribution in [2.75, 3.05) is 0 Å². The Morgan fingerprint density at radius 3 is 2.38 bits per heavy atom. The summed E-state index contributed by atoms with van der Waals surface area (Å²) in [6.45, 7) is 0. The number of urea groups is 1. The van der Waals surface area contributed by atoms with Gasteiger partial charge in [0.1, 0.15) is 0 Å². The second-order valence-corrected chi connectivity index (χ2v) is 3.26. The lowest BCUT2D eigenvalue weighted by atomic mass is 10.1. The molecule has 0 aromatic heterocycles. The summed E-state index contributed by atoms with van der Waals surface area (Å²) in [6, 6.07) is -1.17. The third-order valence-corrected chi connectivity index (χ3v) is 2.24. The van der Waals surface area contributed by atoms with Crippen LogP contribution in [0.1, 0.15) is 19.3 Å². The number of hydrogen-bond acceptors (Lipinski definition) is 1. The molecule has 0 spiro atoms. The van der Waals surface area contributed by atoms with Gasteiger partial charge in [-0.1, -0.05) is 0 Å². The smallest absolute Gasteiger partial charge is 0.352 e. The van der Waals surface area contributed by atoms with Crippen LogP contribution < -0.4 is 11.1 Å². The largest absolute Gasteiger partial charge is 0.391 e. The normalized spacial score (nSPS) is 28.8. The van der Waals surface area contributed by atoms with Crippen LogP contribution in [0.25, 0.3) is 0 Å². The van der Waals surface area contributed by atoms with Gasteiger partial charge >= 0.3 is 12.2 Å². The second kappa shape index (κ2) is 3.43. The molecule has 13 heavy (non-hydrogen) atoms. The molecule has 6 heteroatoms. The number of primary amides is 1. The van der Waals surface area contributed by atoms with Crippen molar-refractivity contribution < 1.29 is 18.0 Å². The van der Waals surface area contributed by atoms with Crippen molar-refractivity contribution in [1.29, 1.82) is 0 Å². The molecule has 0 aromatic rings. The first-order valence-electron chi connectivity index (χ1n) is 4.02. The number of carbonyl (C=O) groups is 1. The zero-order chi connectivity index (χ0) is 10.1. The van der Waals surface area contributed by atoms with Gasteiger partial charge in [0.15, 0.2) is 0 Å². The number of nitrogens with two attached hydrogens (primary N) is 1. The van der Waals surface area contributed by atoms with E-state index >= 15 is 0 Å². The Kier molecular flexibility index (Phi) is 2.68. The van der Waals surface area contributed by atoms with Crippen LogP contribution >= 0.6 is 0 Å². The van der Waals surface area contributed by atoms with Crippen LogP contribution in [-0.4, -0.2) is 18.2 Å². The molecule has 3 N–H and O–H groups in total. The third kappa shape index (κ3) is 2.78. The molecule has 0 unspecified atom stereocenters. The summed E-state index contributed by atoms with van der Waals surface area (Å²) in [5.74, 6) is -1.29. The number of hydrogen-bond donors (Lipinski definition) is 2. The van der Waals surface area contributed by atoms with Crippen molar-refractivity contribution in [2.45, 2.75) is 31.5 Å². The van der Waals surface area contributed by atoms with E-state index in [1.54, 1.807) is 0 Å². The zero-order valence-corrected chi connectivity index (χ0v) is 6.90. The lowest BCUT2D eigenvalue weighted by Gasteiger charge is -2.14. The number of halogens is 3. The molecule has 1 fully saturated rings. The maximum atomic E-state index is 12.1. The van der Waals surface area contributed by atoms with Gasteiger partial charge < -0.3 is 11.1 Å². The van der Waals surface area contributed by atoms with Crippen LogP contribution in [0.3, 0.4) is 0 Å². The van der Waals surface area contributed by atoms with Crippen molar-refractivity contribution in [3.8, 4) is 0 Å². The topological polar surface area (TPSA) is 55.1 Å². The average molecular weight is 196 g/mol. The van der Waals surface area contributed by atoms with Crippen LogP contribution in [0, 0.1) is 5.92 Å². The minimum atomic E-state index is -4.14. The van der Waals surface area contributed by atoms with Gasteiger partial charge in [0, 0.05) is 6.04 Å². The van der Waals surface area contributed by atoms with Gasteiger partial charge in [-0.05, 0) is 19.3 Å². The fourth-order valence-electron chi connectivity index (χ4n) is 1.61. The molecule has 0 aromatic carbocycles. The SMILES string of the molecule is NC(=O)N[C@H]1CC[C@H](C(F)(F)F)C1. The molecule has 0 saturated heterocycles. The highest BCUT2D eigenvalue weighted by molar-refractivity contribution is 5.71. The van der Waals surface area contributed by atoms with Crippen molar-refractivity contribution in [3.63, 3.8) is 0 Å². The summed E-state index contributed by atoms with van der Waals surface area (Å²) in [4.78, 5) is 10.3. The Labute approximate surface area is 73.5 Å². The van der Waals surface area contributed by atoms with E-state index in [9.17, 15) is 18.0 Å². The third-order valence-electron chi connectivity index (χ3n) is 2.24. The standard InChI is InChI=1S/C7H11F3N2O/c8-7(9,10)4-1-2-5(3-4)12-6(11)13/h4-5H,1-3H2,(H3,11,12,13)/t4-,5-/m0/s1. The van der Waals surface area contributed by atoms with Crippen molar-refractivity contribution in [1.82, 2.24) is 5.32 Å². The van der Waals surface area contributed by atoms with E-state index in [2.05, 4.69) is 5.32 Å². The lowest BCUT2D eigenvalue weighted by molar-refractivity contribution is -0.172. The molecular weight excluding hydrogens is 185 g/mol. The van der Waals surface area contributed by atoms with Gasteiger partial charge in [0.05, 0.1) is 5.92 Å². The fraction of sp³-hybridized carbons (Fsp3) is 0.857.